The maximum Gasteiger partial charge on any atom is 0.252 e. The Morgan fingerprint density at radius 2 is 0.905 bits per heavy atom. The lowest BCUT2D eigenvalue weighted by Crippen LogP contribution is -2.61. The summed E-state index contributed by atoms with van der Waals surface area (Å²) in [6.45, 7) is 9.00. The highest BCUT2D eigenvalue weighted by molar-refractivity contribution is 7.00. The number of fused-ring (bicyclic) bond motifs is 7. The van der Waals surface area contributed by atoms with Gasteiger partial charge < -0.3 is 19.1 Å². The first kappa shape index (κ1) is 37.0. The molecule has 5 heteroatoms. The van der Waals surface area contributed by atoms with Gasteiger partial charge in [0.1, 0.15) is 5.58 Å². The average Bonchev–Trinajstić information content (AvgIpc) is 3.71. The molecule has 2 aliphatic rings. The third kappa shape index (κ3) is 5.62. The molecule has 10 aromatic rings. The molecule has 12 rings (SSSR count). The topological polar surface area (TPSA) is 22.9 Å². The zero-order chi connectivity index (χ0) is 42.3. The maximum atomic E-state index is 7.16. The zero-order valence-corrected chi connectivity index (χ0v) is 35.8. The lowest BCUT2D eigenvalue weighted by Gasteiger charge is -2.46. The number of para-hydroxylation sites is 7. The van der Waals surface area contributed by atoms with Gasteiger partial charge in [0.15, 0.2) is 5.58 Å². The monoisotopic (exact) mass is 809 g/mol. The smallest absolute Gasteiger partial charge is 0.252 e. The van der Waals surface area contributed by atoms with Crippen LogP contribution in [0.3, 0.4) is 0 Å². The predicted molar refractivity (Wildman–Crippen MR) is 267 cm³/mol. The van der Waals surface area contributed by atoms with E-state index in [0.717, 1.165) is 50.1 Å². The highest BCUT2D eigenvalue weighted by Gasteiger charge is 2.45. The molecule has 9 aromatic carbocycles. The molecule has 0 unspecified atom stereocenters. The molecule has 300 valence electrons. The quantitative estimate of drug-likeness (QED) is 0.156. The fourth-order valence-electron chi connectivity index (χ4n) is 10.5. The predicted octanol–water partition coefficient (Wildman–Crippen LogP) is 14.0. The molecule has 4 nitrogen and oxygen atoms in total. The molecule has 0 amide bonds. The Labute approximate surface area is 369 Å². The number of anilines is 9. The van der Waals surface area contributed by atoms with E-state index in [0.29, 0.717) is 0 Å². The second kappa shape index (κ2) is 14.4. The van der Waals surface area contributed by atoms with Crippen LogP contribution in [0.25, 0.3) is 33.1 Å². The number of hydrogen-bond donors (Lipinski definition) is 0. The number of hydrogen-bond acceptors (Lipinski definition) is 4. The van der Waals surface area contributed by atoms with E-state index in [1.165, 1.54) is 72.8 Å². The molecule has 0 atom stereocenters. The minimum absolute atomic E-state index is 0.00905. The van der Waals surface area contributed by atoms with Gasteiger partial charge in [0.2, 0.25) is 0 Å². The number of benzene rings is 9. The van der Waals surface area contributed by atoms with Crippen LogP contribution in [0.2, 0.25) is 0 Å². The molecule has 0 bridgehead atoms. The molecule has 2 aliphatic heterocycles. The Bertz CT molecular complexity index is 3300. The van der Waals surface area contributed by atoms with Crippen LogP contribution in [0.4, 0.5) is 51.2 Å². The van der Waals surface area contributed by atoms with Crippen LogP contribution in [-0.4, -0.2) is 6.71 Å². The van der Waals surface area contributed by atoms with Gasteiger partial charge in [-0.15, -0.1) is 0 Å². The summed E-state index contributed by atoms with van der Waals surface area (Å²) in [6, 6.07) is 70.7. The van der Waals surface area contributed by atoms with Gasteiger partial charge in [-0.2, -0.15) is 0 Å². The SMILES string of the molecule is Cc1ccccc1N1c2cc(N(c3ccccc3)c3cccc4c3oc3c(-c5ccccc5)cccc34)cc3c2B(c2cccc(C)c21)c1cccc(C)c1N3c1ccccc1C. The largest absolute Gasteiger partial charge is 0.453 e. The first-order valence-electron chi connectivity index (χ1n) is 21.9. The van der Waals surface area contributed by atoms with Crippen molar-refractivity contribution in [2.75, 3.05) is 14.7 Å². The van der Waals surface area contributed by atoms with Crippen molar-refractivity contribution >= 4 is 96.2 Å². The van der Waals surface area contributed by atoms with Crippen LogP contribution in [0.5, 0.6) is 0 Å². The molecule has 0 spiro atoms. The van der Waals surface area contributed by atoms with E-state index in [1.54, 1.807) is 0 Å². The van der Waals surface area contributed by atoms with Crippen molar-refractivity contribution < 1.29 is 4.42 Å². The van der Waals surface area contributed by atoms with Crippen LogP contribution in [0.15, 0.2) is 199 Å². The summed E-state index contributed by atoms with van der Waals surface area (Å²) in [5, 5.41) is 2.18. The third-order valence-electron chi connectivity index (χ3n) is 13.3. The van der Waals surface area contributed by atoms with Gasteiger partial charge in [0.05, 0.1) is 11.4 Å². The molecule has 63 heavy (non-hydrogen) atoms. The summed E-state index contributed by atoms with van der Waals surface area (Å²) in [7, 11) is 0. The first-order chi connectivity index (χ1) is 31.0. The fourth-order valence-corrected chi connectivity index (χ4v) is 10.5. The number of rotatable bonds is 6. The van der Waals surface area contributed by atoms with Gasteiger partial charge in [0, 0.05) is 56.1 Å². The van der Waals surface area contributed by atoms with Crippen molar-refractivity contribution in [3.63, 3.8) is 0 Å². The lowest BCUT2D eigenvalue weighted by atomic mass is 9.33. The summed E-state index contributed by atoms with van der Waals surface area (Å²) in [5.74, 6) is 0. The normalized spacial score (nSPS) is 12.7. The van der Waals surface area contributed by atoms with E-state index in [4.69, 9.17) is 4.42 Å². The van der Waals surface area contributed by atoms with Crippen molar-refractivity contribution in [3.05, 3.63) is 216 Å². The van der Waals surface area contributed by atoms with Crippen LogP contribution >= 0.6 is 0 Å². The van der Waals surface area contributed by atoms with Gasteiger partial charge in [-0.3, -0.25) is 0 Å². The molecular weight excluding hydrogens is 765 g/mol. The van der Waals surface area contributed by atoms with Crippen molar-refractivity contribution in [1.82, 2.24) is 0 Å². The summed E-state index contributed by atoms with van der Waals surface area (Å²) < 4.78 is 7.16. The van der Waals surface area contributed by atoms with Gasteiger partial charge in [-0.1, -0.05) is 152 Å². The van der Waals surface area contributed by atoms with Gasteiger partial charge in [-0.05, 0) is 114 Å². The van der Waals surface area contributed by atoms with Crippen LogP contribution in [-0.2, 0) is 0 Å². The van der Waals surface area contributed by atoms with Crippen molar-refractivity contribution in [2.24, 2.45) is 0 Å². The molecule has 1 aromatic heterocycles. The van der Waals surface area contributed by atoms with Crippen LogP contribution in [0, 0.1) is 27.7 Å². The standard InChI is InChI=1S/C58H44BN3O/c1-37-19-11-13-32-49(37)61-52-35-43(60(42-25-9-6-10-26-42)51-34-18-29-46-45-28-17-27-44(57(45)63-58(46)51)41-23-7-5-8-24-41)36-53-54(52)59(47-30-15-21-39(3)55(47)61)48-31-16-22-40(4)56(48)62(53)50-33-14-12-20-38(50)2/h5-36H,1-4H3. The zero-order valence-electron chi connectivity index (χ0n) is 35.8. The van der Waals surface area contributed by atoms with Gasteiger partial charge in [0.25, 0.3) is 6.71 Å². The highest BCUT2D eigenvalue weighted by atomic mass is 16.3. The molecular formula is C58H44BN3O. The lowest BCUT2D eigenvalue weighted by molar-refractivity contribution is 0.670. The Morgan fingerprint density at radius 1 is 0.413 bits per heavy atom. The summed E-state index contributed by atoms with van der Waals surface area (Å²) >= 11 is 0. The first-order valence-corrected chi connectivity index (χ1v) is 21.9. The van der Waals surface area contributed by atoms with Crippen LogP contribution < -0.4 is 31.1 Å². The number of aryl methyl sites for hydroxylation is 4. The minimum Gasteiger partial charge on any atom is -0.453 e. The third-order valence-corrected chi connectivity index (χ3v) is 13.3. The summed E-state index contributed by atoms with van der Waals surface area (Å²) in [4.78, 5) is 7.50. The van der Waals surface area contributed by atoms with Crippen LogP contribution in [0.1, 0.15) is 22.3 Å². The Hall–Kier alpha value is -7.76. The van der Waals surface area contributed by atoms with E-state index in [9.17, 15) is 0 Å². The molecule has 0 N–H and O–H groups in total. The van der Waals surface area contributed by atoms with Crippen molar-refractivity contribution in [3.8, 4) is 11.1 Å². The minimum atomic E-state index is 0.00905. The summed E-state index contributed by atoms with van der Waals surface area (Å²) in [6.07, 6.45) is 0. The van der Waals surface area contributed by atoms with E-state index in [2.05, 4.69) is 237 Å². The van der Waals surface area contributed by atoms with E-state index in [-0.39, 0.29) is 6.71 Å². The Morgan fingerprint density at radius 3 is 1.49 bits per heavy atom. The number of furan rings is 1. The van der Waals surface area contributed by atoms with E-state index < -0.39 is 0 Å². The molecule has 0 radical (unpaired) electrons. The van der Waals surface area contributed by atoms with E-state index in [1.807, 2.05) is 0 Å². The van der Waals surface area contributed by atoms with Gasteiger partial charge in [-0.25, -0.2) is 0 Å². The Balaban J connectivity index is 1.21. The van der Waals surface area contributed by atoms with Gasteiger partial charge >= 0.3 is 0 Å². The molecule has 0 fully saturated rings. The van der Waals surface area contributed by atoms with E-state index >= 15 is 0 Å². The maximum absolute atomic E-state index is 7.16. The second-order valence-electron chi connectivity index (χ2n) is 17.1. The highest BCUT2D eigenvalue weighted by Crippen LogP contribution is 2.51. The molecule has 0 saturated carbocycles. The fraction of sp³-hybridized carbons (Fsp3) is 0.0690. The molecule has 0 saturated heterocycles. The number of nitrogens with zero attached hydrogens (tertiary/aromatic N) is 3. The molecule has 0 aliphatic carbocycles. The van der Waals surface area contributed by atoms with Crippen molar-refractivity contribution in [2.45, 2.75) is 27.7 Å². The second-order valence-corrected chi connectivity index (χ2v) is 17.1. The van der Waals surface area contributed by atoms with Crippen molar-refractivity contribution in [1.29, 1.82) is 0 Å². The Kier molecular flexibility index (Phi) is 8.48. The summed E-state index contributed by atoms with van der Waals surface area (Å²) in [5.41, 5.74) is 23.0. The average molecular weight is 810 g/mol. The molecule has 3 heterocycles.